The first kappa shape index (κ1) is 83.9. The van der Waals surface area contributed by atoms with Crippen molar-refractivity contribution in [2.75, 3.05) is 19.8 Å². The first-order valence-corrected chi connectivity index (χ1v) is 38.3. The predicted octanol–water partition coefficient (Wildman–Crippen LogP) is 20.1. The predicted molar refractivity (Wildman–Crippen MR) is 371 cm³/mol. The molecule has 11 nitrogen and oxygen atoms in total. The van der Waals surface area contributed by atoms with Crippen molar-refractivity contribution in [3.05, 3.63) is 36.5 Å². The van der Waals surface area contributed by atoms with Crippen LogP contribution in [0.3, 0.4) is 0 Å². The van der Waals surface area contributed by atoms with Crippen molar-refractivity contribution in [3.63, 3.8) is 0 Å². The molecule has 518 valence electrons. The third-order valence-corrected chi connectivity index (χ3v) is 18.2. The first-order valence-electron chi connectivity index (χ1n) is 38.3. The number of esters is 1. The Bertz CT molecular complexity index is 1560. The van der Waals surface area contributed by atoms with Crippen LogP contribution < -0.4 is 5.32 Å². The quantitative estimate of drug-likeness (QED) is 0.0195. The summed E-state index contributed by atoms with van der Waals surface area (Å²) < 4.78 is 16.7. The van der Waals surface area contributed by atoms with Gasteiger partial charge in [0.2, 0.25) is 5.91 Å². The summed E-state index contributed by atoms with van der Waals surface area (Å²) in [4.78, 5) is 25.2. The fourth-order valence-electron chi connectivity index (χ4n) is 12.2. The number of amides is 1. The number of allylic oxidation sites excluding steroid dienone is 5. The Morgan fingerprint density at radius 3 is 1.09 bits per heavy atom. The van der Waals surface area contributed by atoms with Crippen LogP contribution in [0.15, 0.2) is 36.5 Å². The van der Waals surface area contributed by atoms with Gasteiger partial charge < -0.3 is 45.1 Å². The van der Waals surface area contributed by atoms with Crippen LogP contribution in [0.5, 0.6) is 0 Å². The van der Waals surface area contributed by atoms with Crippen LogP contribution in [0.2, 0.25) is 0 Å². The number of unbranched alkanes of at least 4 members (excludes halogenated alkanes) is 50. The molecular weight excluding hydrogens is 1100 g/mol. The van der Waals surface area contributed by atoms with Gasteiger partial charge in [-0.05, 0) is 83.5 Å². The van der Waals surface area contributed by atoms with E-state index in [1.807, 2.05) is 6.08 Å². The maximum atomic E-state index is 13.0. The molecule has 1 heterocycles. The Balaban J connectivity index is 1.87. The summed E-state index contributed by atoms with van der Waals surface area (Å²) in [5.74, 6) is -0.169. The molecule has 0 aromatic heterocycles. The number of nitrogens with one attached hydrogen (secondary N) is 1. The fourth-order valence-corrected chi connectivity index (χ4v) is 12.2. The minimum absolute atomic E-state index is 0.0107. The Kier molecular flexibility index (Phi) is 63.2. The summed E-state index contributed by atoms with van der Waals surface area (Å²) in [5, 5.41) is 54.3. The van der Waals surface area contributed by atoms with Crippen molar-refractivity contribution in [3.8, 4) is 0 Å². The van der Waals surface area contributed by atoms with Crippen LogP contribution in [0, 0.1) is 0 Å². The van der Waals surface area contributed by atoms with Crippen LogP contribution in [0.1, 0.15) is 380 Å². The van der Waals surface area contributed by atoms with Gasteiger partial charge in [0.25, 0.3) is 0 Å². The molecule has 0 aromatic carbocycles. The number of hydrogen-bond donors (Lipinski definition) is 6. The molecule has 1 rings (SSSR count). The number of carbonyl (C=O) groups is 2. The van der Waals surface area contributed by atoms with Gasteiger partial charge in [-0.2, -0.15) is 0 Å². The second-order valence-electron chi connectivity index (χ2n) is 26.7. The SMILES string of the molecule is CCCCCCCC/C=C\CCCCCCCCCCCC(=O)OCCCCCCCCCCCCCC/C=C\CCCCCCCCCCCCCCCCCCC(=O)NC(COC1OC(CO)C(O)C(O)C1O)C(O)/C=C/CCCCCCCCC. The second kappa shape index (κ2) is 66.3. The maximum absolute atomic E-state index is 13.0. The van der Waals surface area contributed by atoms with Crippen molar-refractivity contribution in [1.29, 1.82) is 0 Å². The van der Waals surface area contributed by atoms with Crippen LogP contribution in [-0.4, -0.2) is 100 Å². The lowest BCUT2D eigenvalue weighted by molar-refractivity contribution is -0.302. The van der Waals surface area contributed by atoms with E-state index in [1.54, 1.807) is 6.08 Å². The first-order chi connectivity index (χ1) is 43.2. The Morgan fingerprint density at radius 2 is 0.727 bits per heavy atom. The highest BCUT2D eigenvalue weighted by Gasteiger charge is 2.44. The van der Waals surface area contributed by atoms with Gasteiger partial charge in [0.15, 0.2) is 6.29 Å². The van der Waals surface area contributed by atoms with Crippen molar-refractivity contribution < 1.29 is 49.3 Å². The molecule has 0 aromatic rings. The van der Waals surface area contributed by atoms with E-state index in [9.17, 15) is 35.1 Å². The molecule has 11 heteroatoms. The highest BCUT2D eigenvalue weighted by atomic mass is 16.7. The average Bonchev–Trinajstić information content (AvgIpc) is 2.57. The van der Waals surface area contributed by atoms with E-state index in [2.05, 4.69) is 43.5 Å². The van der Waals surface area contributed by atoms with E-state index in [0.717, 1.165) is 57.8 Å². The molecule has 1 fully saturated rings. The number of hydrogen-bond acceptors (Lipinski definition) is 10. The minimum Gasteiger partial charge on any atom is -0.466 e. The van der Waals surface area contributed by atoms with Gasteiger partial charge in [-0.3, -0.25) is 9.59 Å². The van der Waals surface area contributed by atoms with Crippen molar-refractivity contribution >= 4 is 11.9 Å². The highest BCUT2D eigenvalue weighted by molar-refractivity contribution is 5.76. The second-order valence-corrected chi connectivity index (χ2v) is 26.7. The molecular formula is C77H145NO10. The van der Waals surface area contributed by atoms with Gasteiger partial charge >= 0.3 is 5.97 Å². The summed E-state index contributed by atoms with van der Waals surface area (Å²) in [5.41, 5.74) is 0. The molecule has 0 saturated carbocycles. The molecule has 1 aliphatic rings. The molecule has 1 aliphatic heterocycles. The molecule has 6 N–H and O–H groups in total. The lowest BCUT2D eigenvalue weighted by Gasteiger charge is -2.40. The zero-order chi connectivity index (χ0) is 63.7. The van der Waals surface area contributed by atoms with Crippen molar-refractivity contribution in [2.45, 2.75) is 423 Å². The maximum Gasteiger partial charge on any atom is 0.305 e. The highest BCUT2D eigenvalue weighted by Crippen LogP contribution is 2.24. The molecule has 7 unspecified atom stereocenters. The topological polar surface area (TPSA) is 175 Å². The molecule has 0 spiro atoms. The largest absolute Gasteiger partial charge is 0.466 e. The monoisotopic (exact) mass is 1240 g/mol. The molecule has 0 aliphatic carbocycles. The van der Waals surface area contributed by atoms with Crippen LogP contribution in [-0.2, 0) is 23.8 Å². The Morgan fingerprint density at radius 1 is 0.409 bits per heavy atom. The molecule has 1 saturated heterocycles. The van der Waals surface area contributed by atoms with Gasteiger partial charge in [0.1, 0.15) is 24.4 Å². The zero-order valence-electron chi connectivity index (χ0n) is 57.7. The Hall–Kier alpha value is -2.12. The molecule has 88 heavy (non-hydrogen) atoms. The number of carbonyl (C=O) groups excluding carboxylic acids is 2. The van der Waals surface area contributed by atoms with Crippen molar-refractivity contribution in [1.82, 2.24) is 5.32 Å². The average molecular weight is 1250 g/mol. The van der Waals surface area contributed by atoms with E-state index in [-0.39, 0.29) is 18.5 Å². The number of ether oxygens (including phenoxy) is 3. The summed E-state index contributed by atoms with van der Waals surface area (Å²) >= 11 is 0. The van der Waals surface area contributed by atoms with Crippen LogP contribution >= 0.6 is 0 Å². The lowest BCUT2D eigenvalue weighted by Crippen LogP contribution is -2.60. The molecule has 0 bridgehead atoms. The van der Waals surface area contributed by atoms with Crippen LogP contribution in [0.4, 0.5) is 0 Å². The number of aliphatic hydroxyl groups is 5. The molecule has 7 atom stereocenters. The van der Waals surface area contributed by atoms with Crippen molar-refractivity contribution in [2.24, 2.45) is 0 Å². The van der Waals surface area contributed by atoms with E-state index in [1.165, 1.54) is 295 Å². The lowest BCUT2D eigenvalue weighted by atomic mass is 9.99. The number of rotatable bonds is 68. The normalized spacial score (nSPS) is 17.9. The van der Waals surface area contributed by atoms with E-state index in [4.69, 9.17) is 14.2 Å². The molecule has 1 amide bonds. The van der Waals surface area contributed by atoms with E-state index >= 15 is 0 Å². The smallest absolute Gasteiger partial charge is 0.305 e. The Labute approximate surface area is 543 Å². The minimum atomic E-state index is -1.57. The van der Waals surface area contributed by atoms with Crippen LogP contribution in [0.25, 0.3) is 0 Å². The summed E-state index contributed by atoms with van der Waals surface area (Å²) in [7, 11) is 0. The zero-order valence-corrected chi connectivity index (χ0v) is 57.7. The molecule has 0 radical (unpaired) electrons. The summed E-state index contributed by atoms with van der Waals surface area (Å²) in [6.07, 6.45) is 76.1. The van der Waals surface area contributed by atoms with Gasteiger partial charge in [-0.15, -0.1) is 0 Å². The third-order valence-electron chi connectivity index (χ3n) is 18.2. The van der Waals surface area contributed by atoms with Gasteiger partial charge in [0, 0.05) is 12.8 Å². The van der Waals surface area contributed by atoms with E-state index < -0.39 is 49.5 Å². The van der Waals surface area contributed by atoms with Gasteiger partial charge in [0.05, 0.1) is 32.0 Å². The van der Waals surface area contributed by atoms with Gasteiger partial charge in [-0.1, -0.05) is 320 Å². The number of aliphatic hydroxyl groups excluding tert-OH is 5. The standard InChI is InChI=1S/C77H145NO10/c1-3-5-7-9-11-13-14-15-16-17-32-36-39-42-45-49-53-57-61-65-73(82)86-66-62-58-54-50-46-43-40-37-34-31-29-27-25-23-21-19-18-20-22-24-26-28-30-33-35-38-41-44-48-52-56-60-64-72(81)78-69(70(80)63-59-55-51-47-12-10-8-6-4-2)68-87-77-76(85)75(84)74(83)71(67-79)88-77/h15-16,21,23,59,63,69-71,74-77,79-80,83-85H,3-14,17-20,22,24-58,60-62,64-68H2,1-2H3,(H,78,81)/b16-15-,23-21-,63-59+. The summed E-state index contributed by atoms with van der Waals surface area (Å²) in [6.45, 7) is 4.35. The van der Waals surface area contributed by atoms with Gasteiger partial charge in [-0.25, -0.2) is 0 Å². The summed E-state index contributed by atoms with van der Waals surface area (Å²) in [6, 6.07) is -0.807. The third kappa shape index (κ3) is 54.4. The fraction of sp³-hybridized carbons (Fsp3) is 0.896. The van der Waals surface area contributed by atoms with E-state index in [0.29, 0.717) is 19.4 Å².